The molecule has 0 saturated heterocycles. The largest absolute Gasteiger partial charge is 0.503 e. The number of allylic oxidation sites excluding steroid dienone is 8. The third kappa shape index (κ3) is 9.77. The van der Waals surface area contributed by atoms with Crippen LogP contribution in [0.3, 0.4) is 0 Å². The zero-order valence-corrected chi connectivity index (χ0v) is 44.0. The van der Waals surface area contributed by atoms with Gasteiger partial charge in [-0.05, 0) is 105 Å². The second kappa shape index (κ2) is 20.6. The molecule has 0 bridgehead atoms. The van der Waals surface area contributed by atoms with E-state index in [0.717, 1.165) is 49.3 Å². The smallest absolute Gasteiger partial charge is 0.213 e. The zero-order chi connectivity index (χ0) is 56.3. The van der Waals surface area contributed by atoms with E-state index in [4.69, 9.17) is 22.9 Å². The minimum Gasteiger partial charge on any atom is -0.503 e. The number of aromatic nitrogens is 4. The number of para-hydroxylation sites is 5. The SMILES string of the molecule is [2H]c1c([2H])c([2H])c2c(c1[2H])c1ccc(Oc3[c-]c(N4[CH-]N(c5c(/C6=C/C=C\N/C=C\C=C/[B]6)cc(C(C)(C)C)cc5/C5=C/C=C\N/C=C\C=C/[B]5)c5ccccc54)cc(C(C)(C)C)n3)[c-]c1n2-c1nc2ccccc2n1C([2H])([2H])[2H].[Pt]. The number of nitrogens with one attached hydrogen (secondary N) is 2. The summed E-state index contributed by atoms with van der Waals surface area (Å²) in [6, 6.07) is 30.3. The predicted molar refractivity (Wildman–Crippen MR) is 304 cm³/mol. The molecule has 3 aliphatic heterocycles. The summed E-state index contributed by atoms with van der Waals surface area (Å²) in [7, 11) is 4.28. The number of imidazole rings is 1. The van der Waals surface area contributed by atoms with Crippen molar-refractivity contribution in [2.75, 3.05) is 9.80 Å². The first-order chi connectivity index (χ1) is 38.3. The van der Waals surface area contributed by atoms with Gasteiger partial charge in [0.05, 0.1) is 16.5 Å². The van der Waals surface area contributed by atoms with Gasteiger partial charge in [0.25, 0.3) is 0 Å². The Bertz CT molecular complexity index is 3990. The summed E-state index contributed by atoms with van der Waals surface area (Å²) in [6.07, 6.45) is 23.8. The minimum absolute atomic E-state index is 0. The molecule has 0 amide bonds. The van der Waals surface area contributed by atoms with Crippen LogP contribution in [0.1, 0.15) is 73.5 Å². The van der Waals surface area contributed by atoms with Crippen molar-refractivity contribution < 1.29 is 35.4 Å². The third-order valence-electron chi connectivity index (χ3n) is 12.8. The average molecular weight is 1150 g/mol. The van der Waals surface area contributed by atoms with E-state index in [0.29, 0.717) is 27.8 Å². The van der Waals surface area contributed by atoms with Crippen molar-refractivity contribution in [2.24, 2.45) is 6.98 Å². The Balaban J connectivity index is 0.00000736. The number of benzene rings is 5. The van der Waals surface area contributed by atoms with Gasteiger partial charge in [-0.1, -0.05) is 125 Å². The molecular formula is C62H55B2N8OPt-3. The Kier molecular flexibility index (Phi) is 11.6. The molecule has 5 aromatic carbocycles. The van der Waals surface area contributed by atoms with E-state index >= 15 is 0 Å². The molecule has 8 aromatic rings. The summed E-state index contributed by atoms with van der Waals surface area (Å²) in [6.45, 7) is 12.3. The van der Waals surface area contributed by atoms with Gasteiger partial charge < -0.3 is 34.3 Å². The maximum atomic E-state index is 9.19. The van der Waals surface area contributed by atoms with Crippen LogP contribution in [0.2, 0.25) is 0 Å². The number of ether oxygens (including phenoxy) is 1. The molecule has 0 saturated carbocycles. The maximum absolute atomic E-state index is 9.19. The third-order valence-corrected chi connectivity index (χ3v) is 12.8. The fraction of sp³-hybridized carbons (Fsp3) is 0.145. The fourth-order valence-electron chi connectivity index (χ4n) is 9.07. The number of pyridine rings is 1. The average Bonchev–Trinajstić information content (AvgIpc) is 3.98. The molecule has 2 N–H and O–H groups in total. The summed E-state index contributed by atoms with van der Waals surface area (Å²) in [5.41, 5.74) is 9.46. The van der Waals surface area contributed by atoms with E-state index < -0.39 is 24.5 Å². The molecule has 0 aliphatic carbocycles. The Hall–Kier alpha value is -7.74. The van der Waals surface area contributed by atoms with Gasteiger partial charge in [0.15, 0.2) is 14.6 Å². The Morgan fingerprint density at radius 1 is 0.676 bits per heavy atom. The maximum Gasteiger partial charge on any atom is 0.213 e. The number of hydrogen-bond donors (Lipinski definition) is 2. The summed E-state index contributed by atoms with van der Waals surface area (Å²) in [5, 5.41) is 7.03. The predicted octanol–water partition coefficient (Wildman–Crippen LogP) is 13.8. The number of rotatable bonds is 7. The molecule has 11 rings (SSSR count). The number of hydrogen-bond acceptors (Lipinski definition) is 7. The molecule has 12 heteroatoms. The molecule has 3 aliphatic rings. The Labute approximate surface area is 460 Å². The molecule has 368 valence electrons. The summed E-state index contributed by atoms with van der Waals surface area (Å²) in [5.74, 6) is 4.31. The van der Waals surface area contributed by atoms with Gasteiger partial charge >= 0.3 is 0 Å². The molecule has 0 fully saturated rings. The monoisotopic (exact) mass is 1150 g/mol. The van der Waals surface area contributed by atoms with Crippen molar-refractivity contribution in [3.05, 3.63) is 230 Å². The first kappa shape index (κ1) is 41.7. The zero-order valence-electron chi connectivity index (χ0n) is 48.7. The van der Waals surface area contributed by atoms with Crippen molar-refractivity contribution in [1.29, 1.82) is 0 Å². The van der Waals surface area contributed by atoms with E-state index in [1.54, 1.807) is 36.4 Å². The first-order valence-corrected chi connectivity index (χ1v) is 24.2. The molecule has 3 aromatic heterocycles. The van der Waals surface area contributed by atoms with Crippen LogP contribution in [0.25, 0.3) is 49.7 Å². The topological polar surface area (TPSA) is 75.4 Å². The Morgan fingerprint density at radius 3 is 2.00 bits per heavy atom. The van der Waals surface area contributed by atoms with Crippen molar-refractivity contribution >= 4 is 81.1 Å². The molecule has 0 spiro atoms. The summed E-state index contributed by atoms with van der Waals surface area (Å²) in [4.78, 5) is 14.2. The van der Waals surface area contributed by atoms with Gasteiger partial charge in [-0.15, -0.1) is 36.1 Å². The van der Waals surface area contributed by atoms with E-state index in [-0.39, 0.29) is 72.6 Å². The van der Waals surface area contributed by atoms with Gasteiger partial charge in [0.1, 0.15) is 5.88 Å². The van der Waals surface area contributed by atoms with Crippen LogP contribution in [-0.4, -0.2) is 33.7 Å². The summed E-state index contributed by atoms with van der Waals surface area (Å²) >= 11 is 0. The molecule has 0 atom stereocenters. The molecule has 0 unspecified atom stereocenters. The van der Waals surface area contributed by atoms with Crippen LogP contribution in [0.15, 0.2) is 188 Å². The van der Waals surface area contributed by atoms with E-state index in [1.807, 2.05) is 91.4 Å². The second-order valence-corrected chi connectivity index (χ2v) is 19.8. The second-order valence-electron chi connectivity index (χ2n) is 19.8. The van der Waals surface area contributed by atoms with E-state index in [2.05, 4.69) is 132 Å². The molecular weight excluding hydrogens is 1090 g/mol. The van der Waals surface area contributed by atoms with E-state index in [9.17, 15) is 1.37 Å². The molecule has 2 radical (unpaired) electrons. The number of aryl methyl sites for hydroxylation is 1. The normalized spacial score (nSPS) is 20.3. The van der Waals surface area contributed by atoms with Gasteiger partial charge in [-0.3, -0.25) is 4.98 Å². The van der Waals surface area contributed by atoms with Gasteiger partial charge in [-0.25, -0.2) is 4.98 Å². The van der Waals surface area contributed by atoms with Crippen molar-refractivity contribution in [3.63, 3.8) is 0 Å². The first-order valence-electron chi connectivity index (χ1n) is 27.7. The minimum atomic E-state index is -2.74. The van der Waals surface area contributed by atoms with Crippen LogP contribution in [-0.2, 0) is 38.9 Å². The Morgan fingerprint density at radius 2 is 1.32 bits per heavy atom. The standard InChI is InChI=1S/C62H55B2N8O.Pt/c1-61(2,3)42-36-47(49-21-18-34-65-32-16-14-30-63-49)59(48(37-42)50-22-19-35-66-33-17-15-31-64-50)71-41-70(54-26-12-13-27-55(54)71)43-38-57(62(4,5)6)68-58(39-43)73-44-28-29-46-45-20-8-10-24-52(45)72(56(46)40-44)60-67-51-23-9-11-25-53(51)69(60)7;/h8-38,41,65-66H,1-7H3;/q-3;/b30-14-,31-15-,32-16-,33-17-,34-18-,35-19-,49-21-,50-22-;/i7D3,8D,10D,20D,24D;. The van der Waals surface area contributed by atoms with E-state index in [1.165, 1.54) is 4.57 Å². The number of nitrogens with zero attached hydrogens (tertiary/aromatic N) is 6. The van der Waals surface area contributed by atoms with Gasteiger partial charge in [-0.2, -0.15) is 23.9 Å². The fourth-order valence-corrected chi connectivity index (χ4v) is 9.07. The van der Waals surface area contributed by atoms with Gasteiger partial charge in [0.2, 0.25) is 5.95 Å². The summed E-state index contributed by atoms with van der Waals surface area (Å²) < 4.78 is 71.0. The van der Waals surface area contributed by atoms with Crippen molar-refractivity contribution in [3.8, 4) is 17.6 Å². The number of anilines is 4. The van der Waals surface area contributed by atoms with Crippen molar-refractivity contribution in [1.82, 2.24) is 29.7 Å². The van der Waals surface area contributed by atoms with Gasteiger partial charge in [0, 0.05) is 85.3 Å². The van der Waals surface area contributed by atoms with Crippen LogP contribution >= 0.6 is 0 Å². The van der Waals surface area contributed by atoms with Crippen molar-refractivity contribution in [2.45, 2.75) is 52.4 Å². The van der Waals surface area contributed by atoms with Crippen LogP contribution in [0.5, 0.6) is 11.6 Å². The molecule has 6 heterocycles. The van der Waals surface area contributed by atoms with Crippen LogP contribution in [0, 0.1) is 18.8 Å². The molecule has 9 nitrogen and oxygen atoms in total. The quantitative estimate of drug-likeness (QED) is 0.122. The van der Waals surface area contributed by atoms with Crippen LogP contribution < -0.4 is 25.2 Å². The number of fused-ring (bicyclic) bond motifs is 5. The molecule has 74 heavy (non-hydrogen) atoms. The van der Waals surface area contributed by atoms with Crippen LogP contribution in [0.4, 0.5) is 22.7 Å².